The average molecular weight is 409 g/mol. The van der Waals surface area contributed by atoms with Crippen molar-refractivity contribution in [2.75, 3.05) is 6.54 Å². The molecule has 4 saturated carbocycles. The molecule has 5 aliphatic rings. The van der Waals surface area contributed by atoms with Crippen molar-refractivity contribution in [1.82, 2.24) is 0 Å². The van der Waals surface area contributed by atoms with Crippen molar-refractivity contribution < 1.29 is 4.79 Å². The monoisotopic (exact) mass is 408 g/mol. The summed E-state index contributed by atoms with van der Waals surface area (Å²) in [5.74, 6) is 4.12. The van der Waals surface area contributed by atoms with Gasteiger partial charge in [0.05, 0.1) is 5.54 Å². The molecule has 8 atom stereocenters. The van der Waals surface area contributed by atoms with Gasteiger partial charge in [-0.15, -0.1) is 0 Å². The van der Waals surface area contributed by atoms with Crippen molar-refractivity contribution in [2.24, 2.45) is 51.1 Å². The molecule has 0 spiro atoms. The molecule has 0 aromatic heterocycles. The van der Waals surface area contributed by atoms with Gasteiger partial charge in [0, 0.05) is 25.6 Å². The summed E-state index contributed by atoms with van der Waals surface area (Å²) >= 11 is 0. The number of rotatable bonds is 2. The summed E-state index contributed by atoms with van der Waals surface area (Å²) in [5.41, 5.74) is 8.23. The third-order valence-electron chi connectivity index (χ3n) is 10.6. The van der Waals surface area contributed by atoms with E-state index >= 15 is 0 Å². The Balaban J connectivity index is 1.46. The zero-order valence-corrected chi connectivity index (χ0v) is 19.2. The first-order valence-electron chi connectivity index (χ1n) is 12.5. The number of nitrogens with two attached hydrogens (primary N) is 1. The van der Waals surface area contributed by atoms with Gasteiger partial charge in [-0.2, -0.15) is 0 Å². The van der Waals surface area contributed by atoms with Crippen molar-refractivity contribution >= 4 is 12.0 Å². The third-order valence-corrected chi connectivity index (χ3v) is 10.6. The van der Waals surface area contributed by atoms with Crippen LogP contribution in [-0.4, -0.2) is 24.1 Å². The Kier molecular flexibility index (Phi) is 4.93. The minimum atomic E-state index is -0.248. The molecule has 0 saturated heterocycles. The highest BCUT2D eigenvalue weighted by molar-refractivity contribution is 5.79. The van der Waals surface area contributed by atoms with Crippen LogP contribution in [0, 0.1) is 40.4 Å². The molecule has 3 unspecified atom stereocenters. The number of ketones is 1. The van der Waals surface area contributed by atoms with Crippen molar-refractivity contribution in [2.45, 2.75) is 84.1 Å². The van der Waals surface area contributed by atoms with E-state index in [2.05, 4.69) is 39.0 Å². The number of nitrogens with zero attached hydrogens (tertiary/aromatic N) is 1. The number of carbonyl (C=O) groups excluding carboxylic acids is 1. The first-order chi connectivity index (χ1) is 14.3. The molecule has 1 heterocycles. The van der Waals surface area contributed by atoms with Crippen LogP contribution < -0.4 is 5.73 Å². The molecule has 2 N–H and O–H groups in total. The number of aliphatic imine (C=N–C) groups is 1. The molecule has 1 aliphatic heterocycles. The van der Waals surface area contributed by atoms with Gasteiger partial charge >= 0.3 is 0 Å². The van der Waals surface area contributed by atoms with Crippen LogP contribution in [0.25, 0.3) is 0 Å². The van der Waals surface area contributed by atoms with Crippen molar-refractivity contribution in [3.8, 4) is 0 Å². The number of fused-ring (bicyclic) bond motifs is 5. The van der Waals surface area contributed by atoms with Crippen LogP contribution in [0.5, 0.6) is 0 Å². The third kappa shape index (κ3) is 2.87. The Hall–Kier alpha value is -1.22. The topological polar surface area (TPSA) is 55.5 Å². The first-order valence-corrected chi connectivity index (χ1v) is 12.5. The van der Waals surface area contributed by atoms with Crippen molar-refractivity contribution in [3.63, 3.8) is 0 Å². The van der Waals surface area contributed by atoms with Gasteiger partial charge < -0.3 is 5.73 Å². The number of Topliss-reactive ketones (excluding diaryl/α,β-unsaturated/α-hetero) is 1. The first kappa shape index (κ1) is 20.7. The van der Waals surface area contributed by atoms with Crippen LogP contribution in [0.3, 0.4) is 0 Å². The fourth-order valence-electron chi connectivity index (χ4n) is 9.17. The predicted molar refractivity (Wildman–Crippen MR) is 123 cm³/mol. The maximum absolute atomic E-state index is 12.2. The van der Waals surface area contributed by atoms with Crippen LogP contribution >= 0.6 is 0 Å². The van der Waals surface area contributed by atoms with Gasteiger partial charge in [0.25, 0.3) is 0 Å². The summed E-state index contributed by atoms with van der Waals surface area (Å²) in [6.07, 6.45) is 19.2. The highest BCUT2D eigenvalue weighted by atomic mass is 16.1. The van der Waals surface area contributed by atoms with Gasteiger partial charge in [-0.1, -0.05) is 31.6 Å². The van der Waals surface area contributed by atoms with Gasteiger partial charge in [0.2, 0.25) is 0 Å². The lowest BCUT2D eigenvalue weighted by molar-refractivity contribution is -0.140. The van der Waals surface area contributed by atoms with E-state index in [1.54, 1.807) is 0 Å². The second kappa shape index (κ2) is 7.15. The Labute approximate surface area is 182 Å². The summed E-state index contributed by atoms with van der Waals surface area (Å²) in [6, 6.07) is 0. The fraction of sp³-hybridized carbons (Fsp3) is 0.778. The Bertz CT molecular complexity index is 812. The largest absolute Gasteiger partial charge is 0.328 e. The molecular formula is C27H40N2O. The molecular weight excluding hydrogens is 368 g/mol. The summed E-state index contributed by atoms with van der Waals surface area (Å²) in [4.78, 5) is 17.2. The zero-order chi connectivity index (χ0) is 21.1. The van der Waals surface area contributed by atoms with Crippen LogP contribution in [-0.2, 0) is 4.79 Å². The molecule has 164 valence electrons. The lowest BCUT2D eigenvalue weighted by Gasteiger charge is -2.61. The van der Waals surface area contributed by atoms with Gasteiger partial charge in [-0.3, -0.25) is 9.79 Å². The maximum Gasteiger partial charge on any atom is 0.133 e. The summed E-state index contributed by atoms with van der Waals surface area (Å²) < 4.78 is 0. The summed E-state index contributed by atoms with van der Waals surface area (Å²) in [6.45, 7) is 7.92. The fourth-order valence-corrected chi connectivity index (χ4v) is 9.17. The minimum Gasteiger partial charge on any atom is -0.328 e. The van der Waals surface area contributed by atoms with E-state index < -0.39 is 0 Å². The molecule has 0 bridgehead atoms. The molecule has 0 aromatic rings. The van der Waals surface area contributed by atoms with E-state index in [-0.39, 0.29) is 5.54 Å². The quantitative estimate of drug-likeness (QED) is 0.656. The van der Waals surface area contributed by atoms with Crippen LogP contribution in [0.2, 0.25) is 0 Å². The van der Waals surface area contributed by atoms with Gasteiger partial charge in [0.15, 0.2) is 0 Å². The van der Waals surface area contributed by atoms with Crippen LogP contribution in [0.1, 0.15) is 78.6 Å². The Morgan fingerprint density at radius 1 is 1.07 bits per heavy atom. The van der Waals surface area contributed by atoms with Crippen LogP contribution in [0.4, 0.5) is 0 Å². The van der Waals surface area contributed by atoms with E-state index in [4.69, 9.17) is 10.7 Å². The van der Waals surface area contributed by atoms with E-state index in [1.165, 1.54) is 44.1 Å². The van der Waals surface area contributed by atoms with Crippen molar-refractivity contribution in [1.29, 1.82) is 0 Å². The van der Waals surface area contributed by atoms with E-state index in [0.717, 1.165) is 37.0 Å². The smallest absolute Gasteiger partial charge is 0.133 e. The maximum atomic E-state index is 12.2. The minimum absolute atomic E-state index is 0.248. The molecule has 4 fully saturated rings. The number of hydrogen-bond acceptors (Lipinski definition) is 3. The standard InChI is InChI=1S/C27H40N2O/c1-18-5-4-14-29-27(16-18,17-28)24-9-8-22-21-7-6-19-15-20(30)10-12-25(19,2)23(21)11-13-26(22,24)3/h4-5,14,16,19,21-24H,6-13,15,17,28H2,1-3H3/t19?,21-,22-,23-,24?,25-,26-,27?/m0/s1. The zero-order valence-electron chi connectivity index (χ0n) is 19.2. The number of hydrogen-bond donors (Lipinski definition) is 1. The Morgan fingerprint density at radius 2 is 1.87 bits per heavy atom. The normalized spacial score (nSPS) is 50.3. The SMILES string of the molecule is CC1=CC(CN)(C2CC[C@H]3[C@@H]4CCC5CC(=O)CC[C@]5(C)[C@H]4CC[C@]23C)N=CC=C1. The molecule has 3 nitrogen and oxygen atoms in total. The Morgan fingerprint density at radius 3 is 2.67 bits per heavy atom. The molecule has 30 heavy (non-hydrogen) atoms. The lowest BCUT2D eigenvalue weighted by atomic mass is 9.44. The van der Waals surface area contributed by atoms with E-state index in [1.807, 2.05) is 6.21 Å². The molecule has 0 amide bonds. The molecule has 0 radical (unpaired) electrons. The number of allylic oxidation sites excluding steroid dienone is 3. The summed E-state index contributed by atoms with van der Waals surface area (Å²) in [7, 11) is 0. The molecule has 5 rings (SSSR count). The van der Waals surface area contributed by atoms with E-state index in [9.17, 15) is 4.79 Å². The van der Waals surface area contributed by atoms with Gasteiger partial charge in [-0.05, 0) is 98.4 Å². The molecule has 0 aromatic carbocycles. The van der Waals surface area contributed by atoms with E-state index in [0.29, 0.717) is 35.0 Å². The molecule has 4 aliphatic carbocycles. The average Bonchev–Trinajstić information content (AvgIpc) is 2.97. The summed E-state index contributed by atoms with van der Waals surface area (Å²) in [5, 5.41) is 0. The second-order valence-corrected chi connectivity index (χ2v) is 11.8. The van der Waals surface area contributed by atoms with Crippen molar-refractivity contribution in [3.05, 3.63) is 23.8 Å². The predicted octanol–water partition coefficient (Wildman–Crippen LogP) is 5.50. The van der Waals surface area contributed by atoms with Gasteiger partial charge in [0.1, 0.15) is 5.78 Å². The lowest BCUT2D eigenvalue weighted by Crippen LogP contribution is -2.56. The highest BCUT2D eigenvalue weighted by Gasteiger charge is 2.62. The molecule has 3 heteroatoms. The number of carbonyl (C=O) groups is 1. The van der Waals surface area contributed by atoms with Gasteiger partial charge in [-0.25, -0.2) is 0 Å². The van der Waals surface area contributed by atoms with Crippen LogP contribution in [0.15, 0.2) is 28.8 Å². The second-order valence-electron chi connectivity index (χ2n) is 11.8. The highest BCUT2D eigenvalue weighted by Crippen LogP contribution is 2.68.